The van der Waals surface area contributed by atoms with E-state index in [0.717, 1.165) is 5.92 Å². The Labute approximate surface area is 92.9 Å². The third-order valence-corrected chi connectivity index (χ3v) is 3.49. The first-order valence-electron chi connectivity index (χ1n) is 6.10. The Morgan fingerprint density at radius 3 is 2.67 bits per heavy atom. The fraction of sp³-hybridized carbons (Fsp3) is 0.643. The van der Waals surface area contributed by atoms with Crippen LogP contribution in [-0.4, -0.2) is 4.98 Å². The van der Waals surface area contributed by atoms with Crippen LogP contribution in [0.15, 0.2) is 18.3 Å². The summed E-state index contributed by atoms with van der Waals surface area (Å²) in [4.78, 5) is 4.58. The van der Waals surface area contributed by atoms with Crippen LogP contribution < -0.4 is 0 Å². The minimum atomic E-state index is 0.665. The summed E-state index contributed by atoms with van der Waals surface area (Å²) >= 11 is 0. The number of hydrogen-bond donors (Lipinski definition) is 0. The molecule has 1 unspecified atom stereocenters. The molecule has 0 saturated heterocycles. The van der Waals surface area contributed by atoms with Crippen LogP contribution >= 0.6 is 0 Å². The second-order valence-corrected chi connectivity index (χ2v) is 5.24. The van der Waals surface area contributed by atoms with Gasteiger partial charge < -0.3 is 0 Å². The summed E-state index contributed by atoms with van der Waals surface area (Å²) < 4.78 is 0. The first-order valence-corrected chi connectivity index (χ1v) is 6.10. The minimum Gasteiger partial charge on any atom is -0.261 e. The molecule has 0 spiro atoms. The van der Waals surface area contributed by atoms with E-state index in [1.807, 2.05) is 12.3 Å². The highest BCUT2D eigenvalue weighted by Gasteiger charge is 2.29. The van der Waals surface area contributed by atoms with Crippen LogP contribution in [0.5, 0.6) is 0 Å². The summed E-state index contributed by atoms with van der Waals surface area (Å²) in [5.41, 5.74) is 2.69. The highest BCUT2D eigenvalue weighted by atomic mass is 14.7. The lowest BCUT2D eigenvalue weighted by Crippen LogP contribution is -2.11. The number of nitrogens with zero attached hydrogens (tertiary/aromatic N) is 1. The lowest BCUT2D eigenvalue weighted by atomic mass is 9.85. The minimum absolute atomic E-state index is 0.665. The standard InChI is InChI=1S/C14H21N/c1-10(2)13(9-12-6-7-12)14-11(3)5-4-8-15-14/h4-5,8,10,12-13H,6-7,9H2,1-3H3. The summed E-state index contributed by atoms with van der Waals surface area (Å²) in [6, 6.07) is 4.22. The molecule has 82 valence electrons. The number of hydrogen-bond acceptors (Lipinski definition) is 1. The van der Waals surface area contributed by atoms with Gasteiger partial charge in [0.05, 0.1) is 0 Å². The second-order valence-electron chi connectivity index (χ2n) is 5.24. The second kappa shape index (κ2) is 4.34. The summed E-state index contributed by atoms with van der Waals surface area (Å²) in [5, 5.41) is 0. The first kappa shape index (κ1) is 10.7. The van der Waals surface area contributed by atoms with Gasteiger partial charge in [0.15, 0.2) is 0 Å². The Hall–Kier alpha value is -0.850. The molecule has 1 aliphatic carbocycles. The average molecular weight is 203 g/mol. The van der Waals surface area contributed by atoms with Crippen molar-refractivity contribution in [2.45, 2.75) is 46.0 Å². The molecule has 1 atom stereocenters. The molecule has 1 aromatic heterocycles. The van der Waals surface area contributed by atoms with Gasteiger partial charge >= 0.3 is 0 Å². The molecule has 0 radical (unpaired) electrons. The topological polar surface area (TPSA) is 12.9 Å². The fourth-order valence-electron chi connectivity index (χ4n) is 2.30. The van der Waals surface area contributed by atoms with Crippen molar-refractivity contribution in [3.05, 3.63) is 29.6 Å². The molecule has 1 nitrogen and oxygen atoms in total. The van der Waals surface area contributed by atoms with E-state index in [9.17, 15) is 0 Å². The summed E-state index contributed by atoms with van der Waals surface area (Å²) in [6.45, 7) is 6.83. The van der Waals surface area contributed by atoms with Crippen LogP contribution in [0.25, 0.3) is 0 Å². The smallest absolute Gasteiger partial charge is 0.0466 e. The lowest BCUT2D eigenvalue weighted by molar-refractivity contribution is 0.435. The highest BCUT2D eigenvalue weighted by Crippen LogP contribution is 2.41. The predicted molar refractivity (Wildman–Crippen MR) is 63.9 cm³/mol. The lowest BCUT2D eigenvalue weighted by Gasteiger charge is -2.21. The predicted octanol–water partition coefficient (Wildman–Crippen LogP) is 3.93. The molecular formula is C14H21N. The Morgan fingerprint density at radius 2 is 2.13 bits per heavy atom. The molecule has 1 aliphatic rings. The van der Waals surface area contributed by atoms with Gasteiger partial charge in [-0.2, -0.15) is 0 Å². The molecule has 1 heterocycles. The van der Waals surface area contributed by atoms with Crippen molar-refractivity contribution in [1.29, 1.82) is 0 Å². The molecule has 0 bridgehead atoms. The summed E-state index contributed by atoms with van der Waals surface area (Å²) in [6.07, 6.45) is 6.16. The SMILES string of the molecule is Cc1cccnc1C(CC1CC1)C(C)C. The molecule has 0 N–H and O–H groups in total. The van der Waals surface area contributed by atoms with Gasteiger partial charge in [0.25, 0.3) is 0 Å². The van der Waals surface area contributed by atoms with Crippen LogP contribution in [0.1, 0.15) is 50.3 Å². The molecule has 15 heavy (non-hydrogen) atoms. The van der Waals surface area contributed by atoms with Crippen molar-refractivity contribution >= 4 is 0 Å². The highest BCUT2D eigenvalue weighted by molar-refractivity contribution is 5.22. The van der Waals surface area contributed by atoms with Gasteiger partial charge in [-0.1, -0.05) is 32.8 Å². The van der Waals surface area contributed by atoms with Gasteiger partial charge in [-0.05, 0) is 36.8 Å². The quantitative estimate of drug-likeness (QED) is 0.722. The third-order valence-electron chi connectivity index (χ3n) is 3.49. The van der Waals surface area contributed by atoms with E-state index in [4.69, 9.17) is 0 Å². The molecule has 0 amide bonds. The molecule has 0 aromatic carbocycles. The Morgan fingerprint density at radius 1 is 1.40 bits per heavy atom. The molecular weight excluding hydrogens is 182 g/mol. The van der Waals surface area contributed by atoms with Crippen molar-refractivity contribution in [2.24, 2.45) is 11.8 Å². The largest absolute Gasteiger partial charge is 0.261 e. The van der Waals surface area contributed by atoms with Gasteiger partial charge in [0, 0.05) is 17.8 Å². The normalized spacial score (nSPS) is 18.1. The number of rotatable bonds is 4. The number of aromatic nitrogens is 1. The van der Waals surface area contributed by atoms with Crippen molar-refractivity contribution in [2.75, 3.05) is 0 Å². The van der Waals surface area contributed by atoms with Crippen LogP contribution in [0.4, 0.5) is 0 Å². The van der Waals surface area contributed by atoms with E-state index < -0.39 is 0 Å². The van der Waals surface area contributed by atoms with E-state index in [0.29, 0.717) is 11.8 Å². The van der Waals surface area contributed by atoms with E-state index in [2.05, 4.69) is 31.8 Å². The Bertz CT molecular complexity index is 326. The molecule has 1 aromatic rings. The van der Waals surface area contributed by atoms with Crippen molar-refractivity contribution in [3.8, 4) is 0 Å². The van der Waals surface area contributed by atoms with Crippen LogP contribution in [0.3, 0.4) is 0 Å². The van der Waals surface area contributed by atoms with E-state index in [1.54, 1.807) is 0 Å². The van der Waals surface area contributed by atoms with Gasteiger partial charge in [-0.15, -0.1) is 0 Å². The molecule has 1 heteroatoms. The van der Waals surface area contributed by atoms with Crippen LogP contribution in [-0.2, 0) is 0 Å². The van der Waals surface area contributed by atoms with Crippen molar-refractivity contribution < 1.29 is 0 Å². The van der Waals surface area contributed by atoms with E-state index in [-0.39, 0.29) is 0 Å². The molecule has 1 saturated carbocycles. The fourth-order valence-corrected chi connectivity index (χ4v) is 2.30. The Kier molecular flexibility index (Phi) is 3.08. The molecule has 2 rings (SSSR count). The maximum atomic E-state index is 4.58. The van der Waals surface area contributed by atoms with E-state index >= 15 is 0 Å². The van der Waals surface area contributed by atoms with Gasteiger partial charge in [0.1, 0.15) is 0 Å². The number of pyridine rings is 1. The molecule has 0 aliphatic heterocycles. The van der Waals surface area contributed by atoms with Gasteiger partial charge in [-0.25, -0.2) is 0 Å². The van der Waals surface area contributed by atoms with E-state index in [1.165, 1.54) is 30.5 Å². The van der Waals surface area contributed by atoms with Crippen LogP contribution in [0, 0.1) is 18.8 Å². The van der Waals surface area contributed by atoms with Crippen LogP contribution in [0.2, 0.25) is 0 Å². The zero-order chi connectivity index (χ0) is 10.8. The average Bonchev–Trinajstić information content (AvgIpc) is 2.99. The summed E-state index contributed by atoms with van der Waals surface area (Å²) in [7, 11) is 0. The summed E-state index contributed by atoms with van der Waals surface area (Å²) in [5.74, 6) is 2.36. The van der Waals surface area contributed by atoms with Gasteiger partial charge in [-0.3, -0.25) is 4.98 Å². The maximum absolute atomic E-state index is 4.58. The van der Waals surface area contributed by atoms with Crippen molar-refractivity contribution in [3.63, 3.8) is 0 Å². The Balaban J connectivity index is 2.19. The molecule has 1 fully saturated rings. The third kappa shape index (κ3) is 2.58. The zero-order valence-electron chi connectivity index (χ0n) is 10.0. The first-order chi connectivity index (χ1) is 7.18. The maximum Gasteiger partial charge on any atom is 0.0466 e. The van der Waals surface area contributed by atoms with Crippen molar-refractivity contribution in [1.82, 2.24) is 4.98 Å². The zero-order valence-corrected chi connectivity index (χ0v) is 10.0. The monoisotopic (exact) mass is 203 g/mol. The van der Waals surface area contributed by atoms with Gasteiger partial charge in [0.2, 0.25) is 0 Å². The number of aryl methyl sites for hydroxylation is 1.